The zero-order valence-electron chi connectivity index (χ0n) is 18.7. The van der Waals surface area contributed by atoms with Gasteiger partial charge in [-0.25, -0.2) is 14.8 Å². The minimum absolute atomic E-state index is 0.0231. The number of pyridine rings is 1. The number of hydrogen-bond donors (Lipinski definition) is 1. The van der Waals surface area contributed by atoms with Crippen molar-refractivity contribution >= 4 is 23.1 Å². The van der Waals surface area contributed by atoms with E-state index in [0.717, 1.165) is 30.5 Å². The first-order valence-corrected chi connectivity index (χ1v) is 10.6. The van der Waals surface area contributed by atoms with Gasteiger partial charge in [-0.2, -0.15) is 0 Å². The summed E-state index contributed by atoms with van der Waals surface area (Å²) in [5, 5.41) is 0. The van der Waals surface area contributed by atoms with E-state index < -0.39 is 5.60 Å². The molecule has 8 nitrogen and oxygen atoms in total. The summed E-state index contributed by atoms with van der Waals surface area (Å²) in [6.07, 6.45) is 3.79. The molecule has 1 saturated heterocycles. The Kier molecular flexibility index (Phi) is 4.78. The van der Waals surface area contributed by atoms with E-state index in [1.807, 2.05) is 39.8 Å². The molecule has 0 aromatic carbocycles. The van der Waals surface area contributed by atoms with Crippen molar-refractivity contribution in [2.75, 3.05) is 32.1 Å². The molecule has 8 heteroatoms. The Bertz CT molecular complexity index is 1050. The molecule has 1 spiro atoms. The van der Waals surface area contributed by atoms with Crippen molar-refractivity contribution in [2.45, 2.75) is 63.9 Å². The maximum absolute atomic E-state index is 13.6. The van der Waals surface area contributed by atoms with Crippen LogP contribution in [0.5, 0.6) is 0 Å². The van der Waals surface area contributed by atoms with E-state index in [9.17, 15) is 9.59 Å². The number of H-pyrrole nitrogens is 1. The number of carbonyl (C=O) groups excluding carboxylic acids is 1. The Balaban J connectivity index is 1.69. The lowest BCUT2D eigenvalue weighted by Gasteiger charge is -2.40. The number of ether oxygens (including phenoxy) is 1. The molecule has 0 unspecified atom stereocenters. The number of rotatable bonds is 1. The fraction of sp³-hybridized carbons (Fsp3) is 0.636. The molecule has 1 amide bonds. The summed E-state index contributed by atoms with van der Waals surface area (Å²) in [5.74, 6) is 0.897. The van der Waals surface area contributed by atoms with Gasteiger partial charge in [0.2, 0.25) is 5.43 Å². The van der Waals surface area contributed by atoms with E-state index in [2.05, 4.69) is 21.9 Å². The molecule has 162 valence electrons. The third kappa shape index (κ3) is 3.42. The topological polar surface area (TPSA) is 91.4 Å². The summed E-state index contributed by atoms with van der Waals surface area (Å²) < 4.78 is 5.53. The van der Waals surface area contributed by atoms with Crippen LogP contribution in [0.4, 0.5) is 10.6 Å². The minimum atomic E-state index is -0.514. The van der Waals surface area contributed by atoms with Crippen LogP contribution in [0.1, 0.15) is 64.1 Å². The predicted octanol–water partition coefficient (Wildman–Crippen LogP) is 3.16. The van der Waals surface area contributed by atoms with Gasteiger partial charge in [0.15, 0.2) is 11.2 Å². The summed E-state index contributed by atoms with van der Waals surface area (Å²) >= 11 is 0. The average Bonchev–Trinajstić information content (AvgIpc) is 2.92. The minimum Gasteiger partial charge on any atom is -0.444 e. The lowest BCUT2D eigenvalue weighted by Crippen LogP contribution is -2.47. The van der Waals surface area contributed by atoms with E-state index in [4.69, 9.17) is 4.74 Å². The van der Waals surface area contributed by atoms with E-state index in [-0.39, 0.29) is 22.9 Å². The number of likely N-dealkylation sites (tertiary alicyclic amines) is 1. The van der Waals surface area contributed by atoms with Crippen molar-refractivity contribution in [3.05, 3.63) is 27.7 Å². The van der Waals surface area contributed by atoms with Gasteiger partial charge < -0.3 is 19.5 Å². The molecule has 0 saturated carbocycles. The van der Waals surface area contributed by atoms with E-state index in [1.54, 1.807) is 11.1 Å². The van der Waals surface area contributed by atoms with E-state index >= 15 is 0 Å². The number of piperidine rings is 1. The summed E-state index contributed by atoms with van der Waals surface area (Å²) in [4.78, 5) is 42.1. The van der Waals surface area contributed by atoms with Crippen molar-refractivity contribution in [1.82, 2.24) is 19.9 Å². The summed E-state index contributed by atoms with van der Waals surface area (Å²) in [5.41, 5.74) is 1.99. The molecule has 3 heterocycles. The zero-order valence-corrected chi connectivity index (χ0v) is 18.7. The highest BCUT2D eigenvalue weighted by atomic mass is 16.6. The Morgan fingerprint density at radius 1 is 1.30 bits per heavy atom. The van der Waals surface area contributed by atoms with Gasteiger partial charge in [0, 0.05) is 43.9 Å². The van der Waals surface area contributed by atoms with Gasteiger partial charge in [-0.05, 0) is 46.0 Å². The molecule has 1 N–H and O–H groups in total. The molecule has 2 aromatic rings. The van der Waals surface area contributed by atoms with Gasteiger partial charge in [-0.1, -0.05) is 6.92 Å². The molecule has 1 aliphatic carbocycles. The van der Waals surface area contributed by atoms with Crippen LogP contribution in [0.15, 0.2) is 11.0 Å². The maximum atomic E-state index is 13.6. The van der Waals surface area contributed by atoms with Crippen molar-refractivity contribution in [3.63, 3.8) is 0 Å². The molecule has 2 aromatic heterocycles. The molecule has 0 bridgehead atoms. The number of amides is 1. The number of anilines is 1. The highest BCUT2D eigenvalue weighted by molar-refractivity contribution is 5.74. The fourth-order valence-electron chi connectivity index (χ4n) is 4.86. The molecule has 30 heavy (non-hydrogen) atoms. The lowest BCUT2D eigenvalue weighted by molar-refractivity contribution is 0.0162. The van der Waals surface area contributed by atoms with Crippen molar-refractivity contribution in [3.8, 4) is 0 Å². The molecular weight excluding hydrogens is 382 g/mol. The zero-order chi connectivity index (χ0) is 21.8. The summed E-state index contributed by atoms with van der Waals surface area (Å²) in [6, 6.07) is 0. The number of fused-ring (bicyclic) bond motifs is 3. The van der Waals surface area contributed by atoms with Gasteiger partial charge in [-0.3, -0.25) is 4.79 Å². The number of aromatic amines is 1. The quantitative estimate of drug-likeness (QED) is 0.772. The smallest absolute Gasteiger partial charge is 0.410 e. The molecule has 4 rings (SSSR count). The molecule has 1 fully saturated rings. The SMILES string of the molecule is C[C@H]1CC2(CCN(C(=O)OC(C)(C)C)CC2)c2c1[nH]c1ncc(N(C)C)nc1c2=O. The van der Waals surface area contributed by atoms with E-state index in [1.165, 1.54) is 0 Å². The number of carbonyl (C=O) groups is 1. The normalized spacial score (nSPS) is 20.5. The van der Waals surface area contributed by atoms with Crippen LogP contribution < -0.4 is 10.3 Å². The second-order valence-corrected chi connectivity index (χ2v) is 9.92. The van der Waals surface area contributed by atoms with Crippen molar-refractivity contribution < 1.29 is 9.53 Å². The highest BCUT2D eigenvalue weighted by Gasteiger charge is 2.47. The Morgan fingerprint density at radius 3 is 2.57 bits per heavy atom. The van der Waals surface area contributed by atoms with Gasteiger partial charge >= 0.3 is 6.09 Å². The number of nitrogens with zero attached hydrogens (tertiary/aromatic N) is 4. The third-order valence-electron chi connectivity index (χ3n) is 6.27. The molecule has 2 aliphatic rings. The Morgan fingerprint density at radius 2 is 1.97 bits per heavy atom. The maximum Gasteiger partial charge on any atom is 0.410 e. The van der Waals surface area contributed by atoms with Gasteiger partial charge in [-0.15, -0.1) is 0 Å². The van der Waals surface area contributed by atoms with Crippen LogP contribution in [0.25, 0.3) is 11.2 Å². The van der Waals surface area contributed by atoms with Crippen LogP contribution in [0, 0.1) is 0 Å². The van der Waals surface area contributed by atoms with Crippen LogP contribution in [0.2, 0.25) is 0 Å². The van der Waals surface area contributed by atoms with Crippen LogP contribution in [-0.4, -0.2) is 58.7 Å². The summed E-state index contributed by atoms with van der Waals surface area (Å²) in [7, 11) is 3.76. The number of hydrogen-bond acceptors (Lipinski definition) is 6. The van der Waals surface area contributed by atoms with Crippen molar-refractivity contribution in [1.29, 1.82) is 0 Å². The first-order chi connectivity index (χ1) is 14.0. The van der Waals surface area contributed by atoms with Gasteiger partial charge in [0.05, 0.1) is 6.20 Å². The molecule has 1 atom stereocenters. The van der Waals surface area contributed by atoms with Gasteiger partial charge in [0.25, 0.3) is 0 Å². The summed E-state index contributed by atoms with van der Waals surface area (Å²) in [6.45, 7) is 8.94. The first-order valence-electron chi connectivity index (χ1n) is 10.6. The van der Waals surface area contributed by atoms with Crippen LogP contribution >= 0.6 is 0 Å². The number of nitrogens with one attached hydrogen (secondary N) is 1. The monoisotopic (exact) mass is 413 g/mol. The Hall–Kier alpha value is -2.64. The molecular formula is C22H31N5O3. The lowest BCUT2D eigenvalue weighted by atomic mass is 9.73. The second-order valence-electron chi connectivity index (χ2n) is 9.92. The Labute approximate surface area is 176 Å². The molecule has 1 aliphatic heterocycles. The highest BCUT2D eigenvalue weighted by Crippen LogP contribution is 2.49. The number of aromatic nitrogens is 3. The first kappa shape index (κ1) is 20.6. The van der Waals surface area contributed by atoms with Crippen molar-refractivity contribution in [2.24, 2.45) is 0 Å². The van der Waals surface area contributed by atoms with Crippen LogP contribution in [-0.2, 0) is 10.2 Å². The van der Waals surface area contributed by atoms with Gasteiger partial charge in [0.1, 0.15) is 11.4 Å². The third-order valence-corrected chi connectivity index (χ3v) is 6.27. The fourth-order valence-corrected chi connectivity index (χ4v) is 4.86. The van der Waals surface area contributed by atoms with Crippen LogP contribution in [0.3, 0.4) is 0 Å². The average molecular weight is 414 g/mol. The largest absolute Gasteiger partial charge is 0.444 e. The second kappa shape index (κ2) is 6.96. The van der Waals surface area contributed by atoms with E-state index in [0.29, 0.717) is 30.1 Å². The molecule has 0 radical (unpaired) electrons. The standard InChI is InChI=1S/C22H31N5O3/c1-13-11-22(7-9-27(10-8-22)20(29)30-21(2,3)4)15-16(13)25-19-17(18(15)28)24-14(12-23-19)26(5)6/h12-13H,7-11H2,1-6H3,(H,23,25,28)/t13-/m0/s1. The predicted molar refractivity (Wildman–Crippen MR) is 116 cm³/mol.